The van der Waals surface area contributed by atoms with Gasteiger partial charge in [0, 0.05) is 6.42 Å². The van der Waals surface area contributed by atoms with Crippen LogP contribution in [0, 0.1) is 0 Å². The fourth-order valence-corrected chi connectivity index (χ4v) is 11.0. The zero-order valence-electron chi connectivity index (χ0n) is 54.7. The average Bonchev–Trinajstić information content (AvgIpc) is 3.47. The van der Waals surface area contributed by atoms with Crippen LogP contribution in [0.2, 0.25) is 0 Å². The Morgan fingerprint density at radius 3 is 1.07 bits per heavy atom. The minimum atomic E-state index is -4.35. The lowest BCUT2D eigenvalue weighted by atomic mass is 10.0. The van der Waals surface area contributed by atoms with Gasteiger partial charge >= 0.3 is 7.82 Å². The molecule has 0 bridgehead atoms. The number of aliphatic hydroxyl groups excluding tert-OH is 1. The molecule has 0 spiro atoms. The number of nitrogens with zero attached hydrogens (tertiary/aromatic N) is 1. The fraction of sp³-hybridized carbons (Fsp3) is 0.795. The van der Waals surface area contributed by atoms with Crippen molar-refractivity contribution in [3.8, 4) is 0 Å². The first-order valence-corrected chi connectivity index (χ1v) is 36.5. The summed E-state index contributed by atoms with van der Waals surface area (Å²) in [4.78, 5) is 23.4. The Bertz CT molecular complexity index is 1610. The number of nitrogens with one attached hydrogen (secondary N) is 1. The van der Waals surface area contributed by atoms with E-state index < -0.39 is 20.0 Å². The summed E-state index contributed by atoms with van der Waals surface area (Å²) in [6.07, 6.45) is 90.2. The van der Waals surface area contributed by atoms with Crippen molar-refractivity contribution >= 4 is 13.7 Å². The van der Waals surface area contributed by atoms with Gasteiger partial charge < -0.3 is 19.8 Å². The van der Waals surface area contributed by atoms with Crippen molar-refractivity contribution in [1.82, 2.24) is 5.32 Å². The predicted molar refractivity (Wildman–Crippen MR) is 360 cm³/mol. The molecule has 3 atom stereocenters. The van der Waals surface area contributed by atoms with E-state index in [-0.39, 0.29) is 19.1 Å². The molecule has 0 saturated heterocycles. The summed E-state index contributed by atoms with van der Waals surface area (Å²) in [5.41, 5.74) is 0. The summed E-state index contributed by atoms with van der Waals surface area (Å²) in [7, 11) is 1.58. The van der Waals surface area contributed by atoms with Crippen molar-refractivity contribution in [2.75, 3.05) is 40.9 Å². The standard InChI is InChI=1S/C73H135N2O6P/c1-6-8-10-12-14-16-18-20-22-24-26-27-28-29-30-31-32-33-34-35-36-37-38-39-40-41-42-43-44-45-46-47-49-51-53-55-57-59-61-63-65-67-73(77)74-71(70-81-82(78,79)80-69-68-75(3,4)5)72(76)66-64-62-60-58-56-54-52-50-48-25-23-21-19-17-15-13-11-9-7-2/h8,10,14,16,20,22,26-27,29-30,32-33,64,66,71-72,76H,6-7,9,11-13,15,17-19,21,23-25,28,31,34-63,65,67-70H2,1-5H3,(H-,74,77,78,79)/p+1/b10-8-,16-14-,22-20-,27-26-,30-29-,33-32-,66-64+. The van der Waals surface area contributed by atoms with Crippen LogP contribution in [0.25, 0.3) is 0 Å². The van der Waals surface area contributed by atoms with E-state index in [2.05, 4.69) is 92.1 Å². The third-order valence-electron chi connectivity index (χ3n) is 15.6. The third kappa shape index (κ3) is 65.2. The lowest BCUT2D eigenvalue weighted by Crippen LogP contribution is -2.45. The molecule has 0 aliphatic carbocycles. The van der Waals surface area contributed by atoms with Gasteiger partial charge in [-0.05, 0) is 70.6 Å². The van der Waals surface area contributed by atoms with Gasteiger partial charge in [0.05, 0.1) is 39.9 Å². The van der Waals surface area contributed by atoms with Crippen LogP contribution in [0.5, 0.6) is 0 Å². The molecule has 0 aromatic carbocycles. The van der Waals surface area contributed by atoms with Crippen LogP contribution in [0.15, 0.2) is 85.1 Å². The van der Waals surface area contributed by atoms with E-state index in [1.54, 1.807) is 6.08 Å². The highest BCUT2D eigenvalue weighted by atomic mass is 31.2. The van der Waals surface area contributed by atoms with Gasteiger partial charge in [-0.25, -0.2) is 4.57 Å². The molecule has 0 fully saturated rings. The zero-order chi connectivity index (χ0) is 59.8. The van der Waals surface area contributed by atoms with Gasteiger partial charge in [0.1, 0.15) is 13.2 Å². The van der Waals surface area contributed by atoms with Crippen LogP contribution in [0.3, 0.4) is 0 Å². The summed E-state index contributed by atoms with van der Waals surface area (Å²) >= 11 is 0. The molecule has 3 N–H and O–H groups in total. The lowest BCUT2D eigenvalue weighted by molar-refractivity contribution is -0.870. The molecule has 478 valence electrons. The van der Waals surface area contributed by atoms with Crippen molar-refractivity contribution < 1.29 is 32.9 Å². The van der Waals surface area contributed by atoms with Crippen molar-refractivity contribution in [2.24, 2.45) is 0 Å². The normalized spacial score (nSPS) is 14.2. The number of likely N-dealkylation sites (N-methyl/N-ethyl adjacent to an activating group) is 1. The highest BCUT2D eigenvalue weighted by molar-refractivity contribution is 7.47. The first-order chi connectivity index (χ1) is 40.0. The van der Waals surface area contributed by atoms with Crippen LogP contribution in [-0.2, 0) is 18.4 Å². The molecule has 1 amide bonds. The Morgan fingerprint density at radius 1 is 0.427 bits per heavy atom. The maximum atomic E-state index is 13.0. The molecule has 9 heteroatoms. The third-order valence-corrected chi connectivity index (χ3v) is 16.6. The quantitative estimate of drug-likeness (QED) is 0.0243. The number of hydrogen-bond acceptors (Lipinski definition) is 5. The Morgan fingerprint density at radius 2 is 0.732 bits per heavy atom. The summed E-state index contributed by atoms with van der Waals surface area (Å²) in [6, 6.07) is -0.848. The van der Waals surface area contributed by atoms with E-state index in [0.717, 1.165) is 77.0 Å². The molecule has 82 heavy (non-hydrogen) atoms. The molecule has 0 radical (unpaired) electrons. The Kier molecular flexibility index (Phi) is 61.4. The zero-order valence-corrected chi connectivity index (χ0v) is 55.6. The number of aliphatic hydroxyl groups is 1. The maximum absolute atomic E-state index is 13.0. The second-order valence-electron chi connectivity index (χ2n) is 24.9. The number of quaternary nitrogens is 1. The largest absolute Gasteiger partial charge is 0.472 e. The monoisotopic (exact) mass is 1170 g/mol. The van der Waals surface area contributed by atoms with Crippen molar-refractivity contribution in [2.45, 2.75) is 334 Å². The van der Waals surface area contributed by atoms with Crippen molar-refractivity contribution in [3.63, 3.8) is 0 Å². The highest BCUT2D eigenvalue weighted by Crippen LogP contribution is 2.43. The van der Waals surface area contributed by atoms with Crippen molar-refractivity contribution in [3.05, 3.63) is 85.1 Å². The molecule has 0 aliphatic rings. The molecular formula is C73H136N2O6P+. The van der Waals surface area contributed by atoms with Gasteiger partial charge in [-0.1, -0.05) is 330 Å². The molecule has 0 aromatic rings. The molecule has 0 aliphatic heterocycles. The van der Waals surface area contributed by atoms with Gasteiger partial charge in [-0.3, -0.25) is 13.8 Å². The summed E-state index contributed by atoms with van der Waals surface area (Å²) in [6.45, 7) is 4.74. The smallest absolute Gasteiger partial charge is 0.387 e. The number of phosphoric acid groups is 1. The predicted octanol–water partition coefficient (Wildman–Crippen LogP) is 22.3. The first kappa shape index (κ1) is 79.7. The molecule has 0 rings (SSSR count). The Balaban J connectivity index is 3.95. The summed E-state index contributed by atoms with van der Waals surface area (Å²) < 4.78 is 23.8. The summed E-state index contributed by atoms with van der Waals surface area (Å²) in [5.74, 6) is -0.173. The number of hydrogen-bond donors (Lipinski definition) is 3. The second kappa shape index (κ2) is 63.2. The topological polar surface area (TPSA) is 105 Å². The second-order valence-corrected chi connectivity index (χ2v) is 26.3. The van der Waals surface area contributed by atoms with E-state index in [9.17, 15) is 19.4 Å². The van der Waals surface area contributed by atoms with Gasteiger partial charge in [0.15, 0.2) is 0 Å². The first-order valence-electron chi connectivity index (χ1n) is 35.0. The lowest BCUT2D eigenvalue weighted by Gasteiger charge is -2.25. The molecule has 8 nitrogen and oxygen atoms in total. The van der Waals surface area contributed by atoms with E-state index in [1.807, 2.05) is 27.2 Å². The molecule has 0 heterocycles. The fourth-order valence-electron chi connectivity index (χ4n) is 10.2. The van der Waals surface area contributed by atoms with Gasteiger partial charge in [-0.2, -0.15) is 0 Å². The average molecular weight is 1170 g/mol. The van der Waals surface area contributed by atoms with Crippen LogP contribution in [0.1, 0.15) is 322 Å². The number of phosphoric ester groups is 1. The van der Waals surface area contributed by atoms with Crippen LogP contribution in [0.4, 0.5) is 0 Å². The van der Waals surface area contributed by atoms with E-state index >= 15 is 0 Å². The van der Waals surface area contributed by atoms with E-state index in [1.165, 1.54) is 225 Å². The molecule has 3 unspecified atom stereocenters. The molecule has 0 aromatic heterocycles. The number of amides is 1. The van der Waals surface area contributed by atoms with Crippen LogP contribution in [-0.4, -0.2) is 73.4 Å². The van der Waals surface area contributed by atoms with E-state index in [0.29, 0.717) is 17.4 Å². The van der Waals surface area contributed by atoms with Gasteiger partial charge in [0.25, 0.3) is 0 Å². The minimum Gasteiger partial charge on any atom is -0.387 e. The van der Waals surface area contributed by atoms with E-state index in [4.69, 9.17) is 9.05 Å². The number of allylic oxidation sites excluding steroid dienone is 13. The highest BCUT2D eigenvalue weighted by Gasteiger charge is 2.28. The summed E-state index contributed by atoms with van der Waals surface area (Å²) in [5, 5.41) is 14.0. The van der Waals surface area contributed by atoms with Gasteiger partial charge in [-0.15, -0.1) is 0 Å². The molecular weight excluding hydrogens is 1030 g/mol. The molecule has 0 saturated carbocycles. The number of carbonyl (C=O) groups is 1. The number of rotatable bonds is 64. The number of unbranched alkanes of at least 4 members (excludes halogenated alkanes) is 39. The maximum Gasteiger partial charge on any atom is 0.472 e. The Labute approximate surface area is 509 Å². The van der Waals surface area contributed by atoms with Gasteiger partial charge in [0.2, 0.25) is 5.91 Å². The minimum absolute atomic E-state index is 0.0617. The van der Waals surface area contributed by atoms with Crippen LogP contribution < -0.4 is 5.32 Å². The van der Waals surface area contributed by atoms with Crippen LogP contribution >= 0.6 is 7.82 Å². The SMILES string of the molecule is CC/C=C\C/C=C\C/C=C\C/C=C\C/C=C\C/C=C\CCCCCCCCCCCCCCCCCCCCCCCCC(=O)NC(COP(=O)(O)OCC[N+](C)(C)C)C(O)/C=C/CCCCCCCCCCCCCCCCCCC. The number of carbonyl (C=O) groups excluding carboxylic acids is 1. The Hall–Kier alpha value is -2.32. The van der Waals surface area contributed by atoms with Crippen molar-refractivity contribution in [1.29, 1.82) is 0 Å².